The number of nitrogens with zero attached hydrogens (tertiary/aromatic N) is 5. The molecule has 24 heavy (non-hydrogen) atoms. The highest BCUT2D eigenvalue weighted by Crippen LogP contribution is 2.29. The van der Waals surface area contributed by atoms with Crippen LogP contribution in [0.4, 0.5) is 0 Å². The van der Waals surface area contributed by atoms with Crippen LogP contribution < -0.4 is 5.56 Å². The van der Waals surface area contributed by atoms with Gasteiger partial charge in [0.25, 0.3) is 11.5 Å². The number of piperidine rings is 1. The fourth-order valence-corrected chi connectivity index (χ4v) is 3.90. The van der Waals surface area contributed by atoms with Gasteiger partial charge in [-0.3, -0.25) is 14.3 Å². The van der Waals surface area contributed by atoms with Crippen LogP contribution in [0.25, 0.3) is 0 Å². The maximum absolute atomic E-state index is 12.7. The molecule has 0 bridgehead atoms. The molecule has 2 aromatic rings. The standard InChI is InChI=1S/C17H21N5O2/c1-20-13(6-7-18-20)17(24)21-8-2-4-12(11-21)14-10-16(23)19-15-5-3-9-22(14)15/h6-7,10,12H,2-5,8-9,11H2,1H3/t12-/m0/s1. The third-order valence-corrected chi connectivity index (χ3v) is 5.08. The number of amides is 1. The molecule has 0 radical (unpaired) electrons. The normalized spacial score (nSPS) is 20.2. The minimum absolute atomic E-state index is 0.0118. The molecule has 0 spiro atoms. The molecule has 0 N–H and O–H groups in total. The van der Waals surface area contributed by atoms with E-state index in [1.165, 1.54) is 0 Å². The number of carbonyl (C=O) groups is 1. The monoisotopic (exact) mass is 327 g/mol. The molecular weight excluding hydrogens is 306 g/mol. The van der Waals surface area contributed by atoms with Crippen LogP contribution in [0.15, 0.2) is 23.1 Å². The van der Waals surface area contributed by atoms with Crippen molar-refractivity contribution in [2.45, 2.75) is 38.1 Å². The van der Waals surface area contributed by atoms with Gasteiger partial charge in [-0.2, -0.15) is 10.1 Å². The summed E-state index contributed by atoms with van der Waals surface area (Å²) in [7, 11) is 1.78. The molecule has 1 saturated heterocycles. The molecule has 1 fully saturated rings. The highest BCUT2D eigenvalue weighted by Gasteiger charge is 2.29. The topological polar surface area (TPSA) is 73.0 Å². The lowest BCUT2D eigenvalue weighted by atomic mass is 9.94. The summed E-state index contributed by atoms with van der Waals surface area (Å²) in [5, 5.41) is 4.08. The molecule has 1 amide bonds. The van der Waals surface area contributed by atoms with Crippen LogP contribution in [0.3, 0.4) is 0 Å². The average molecular weight is 327 g/mol. The summed E-state index contributed by atoms with van der Waals surface area (Å²) in [5.74, 6) is 1.11. The fourth-order valence-electron chi connectivity index (χ4n) is 3.90. The molecular formula is C17H21N5O2. The summed E-state index contributed by atoms with van der Waals surface area (Å²) >= 11 is 0. The number of hydrogen-bond donors (Lipinski definition) is 0. The van der Waals surface area contributed by atoms with E-state index in [0.29, 0.717) is 12.2 Å². The van der Waals surface area contributed by atoms with Gasteiger partial charge in [0.05, 0.1) is 0 Å². The first-order chi connectivity index (χ1) is 11.6. The number of fused-ring (bicyclic) bond motifs is 1. The molecule has 2 aromatic heterocycles. The largest absolute Gasteiger partial charge is 0.337 e. The van der Waals surface area contributed by atoms with Crippen LogP contribution in [0.5, 0.6) is 0 Å². The minimum atomic E-state index is -0.159. The SMILES string of the molecule is Cn1nccc1C(=O)N1CCC[C@H](c2cc(=O)nc3n2CCC3)C1. The molecule has 4 rings (SSSR count). The van der Waals surface area contributed by atoms with E-state index in [0.717, 1.165) is 50.3 Å². The zero-order valence-electron chi connectivity index (χ0n) is 13.8. The van der Waals surface area contributed by atoms with Gasteiger partial charge in [0.2, 0.25) is 0 Å². The van der Waals surface area contributed by atoms with Gasteiger partial charge in [-0.05, 0) is 25.3 Å². The van der Waals surface area contributed by atoms with Crippen LogP contribution in [0, 0.1) is 0 Å². The van der Waals surface area contributed by atoms with Gasteiger partial charge in [0.1, 0.15) is 11.5 Å². The van der Waals surface area contributed by atoms with Crippen molar-refractivity contribution in [1.82, 2.24) is 24.2 Å². The Bertz CT molecular complexity index is 838. The lowest BCUT2D eigenvalue weighted by molar-refractivity contribution is 0.0693. The van der Waals surface area contributed by atoms with Gasteiger partial charge in [-0.1, -0.05) is 0 Å². The highest BCUT2D eigenvalue weighted by molar-refractivity contribution is 5.92. The highest BCUT2D eigenvalue weighted by atomic mass is 16.2. The molecule has 0 aliphatic carbocycles. The Balaban J connectivity index is 1.61. The number of carbonyl (C=O) groups excluding carboxylic acids is 1. The van der Waals surface area contributed by atoms with Crippen molar-refractivity contribution < 1.29 is 4.79 Å². The third kappa shape index (κ3) is 2.53. The van der Waals surface area contributed by atoms with Gasteiger partial charge in [-0.25, -0.2) is 0 Å². The molecule has 7 nitrogen and oxygen atoms in total. The maximum Gasteiger partial charge on any atom is 0.273 e. The first-order valence-corrected chi connectivity index (χ1v) is 8.51. The summed E-state index contributed by atoms with van der Waals surface area (Å²) < 4.78 is 3.80. The van der Waals surface area contributed by atoms with Crippen LogP contribution >= 0.6 is 0 Å². The first kappa shape index (κ1) is 15.1. The summed E-state index contributed by atoms with van der Waals surface area (Å²) in [6.45, 7) is 2.32. The van der Waals surface area contributed by atoms with E-state index in [1.54, 1.807) is 30.1 Å². The van der Waals surface area contributed by atoms with E-state index in [4.69, 9.17) is 0 Å². The van der Waals surface area contributed by atoms with Crippen molar-refractivity contribution in [2.75, 3.05) is 13.1 Å². The fraction of sp³-hybridized carbons (Fsp3) is 0.529. The van der Waals surface area contributed by atoms with E-state index >= 15 is 0 Å². The van der Waals surface area contributed by atoms with Crippen molar-refractivity contribution in [3.63, 3.8) is 0 Å². The second kappa shape index (κ2) is 5.89. The number of rotatable bonds is 2. The molecule has 126 valence electrons. The van der Waals surface area contributed by atoms with Crippen molar-refractivity contribution in [1.29, 1.82) is 0 Å². The zero-order valence-corrected chi connectivity index (χ0v) is 13.8. The molecule has 4 heterocycles. The zero-order chi connectivity index (χ0) is 16.7. The average Bonchev–Trinajstić information content (AvgIpc) is 3.22. The number of aryl methyl sites for hydroxylation is 2. The Morgan fingerprint density at radius 3 is 2.96 bits per heavy atom. The summed E-state index contributed by atoms with van der Waals surface area (Å²) in [4.78, 5) is 30.7. The van der Waals surface area contributed by atoms with Crippen LogP contribution in [-0.4, -0.2) is 43.2 Å². The molecule has 2 aliphatic heterocycles. The Morgan fingerprint density at radius 1 is 1.29 bits per heavy atom. The number of aromatic nitrogens is 4. The van der Waals surface area contributed by atoms with Crippen molar-refractivity contribution >= 4 is 5.91 Å². The van der Waals surface area contributed by atoms with Gasteiger partial charge in [0, 0.05) is 57.0 Å². The molecule has 7 heteroatoms. The second-order valence-electron chi connectivity index (χ2n) is 6.62. The third-order valence-electron chi connectivity index (χ3n) is 5.08. The lowest BCUT2D eigenvalue weighted by Crippen LogP contribution is -2.40. The van der Waals surface area contributed by atoms with Crippen molar-refractivity contribution in [2.24, 2.45) is 7.05 Å². The minimum Gasteiger partial charge on any atom is -0.337 e. The Kier molecular flexibility index (Phi) is 3.70. The smallest absolute Gasteiger partial charge is 0.273 e. The van der Waals surface area contributed by atoms with Gasteiger partial charge >= 0.3 is 0 Å². The van der Waals surface area contributed by atoms with E-state index in [1.807, 2.05) is 4.90 Å². The maximum atomic E-state index is 12.7. The summed E-state index contributed by atoms with van der Waals surface area (Å²) in [6.07, 6.45) is 5.49. The summed E-state index contributed by atoms with van der Waals surface area (Å²) in [5.41, 5.74) is 1.49. The van der Waals surface area contributed by atoms with Gasteiger partial charge in [-0.15, -0.1) is 0 Å². The predicted octanol–water partition coefficient (Wildman–Crippen LogP) is 0.943. The van der Waals surface area contributed by atoms with E-state index in [9.17, 15) is 9.59 Å². The van der Waals surface area contributed by atoms with Gasteiger partial charge < -0.3 is 9.47 Å². The van der Waals surface area contributed by atoms with E-state index < -0.39 is 0 Å². The Hall–Kier alpha value is -2.44. The molecule has 0 aromatic carbocycles. The number of likely N-dealkylation sites (tertiary alicyclic amines) is 1. The molecule has 0 unspecified atom stereocenters. The molecule has 0 saturated carbocycles. The van der Waals surface area contributed by atoms with E-state index in [-0.39, 0.29) is 17.4 Å². The lowest BCUT2D eigenvalue weighted by Gasteiger charge is -2.33. The predicted molar refractivity (Wildman–Crippen MR) is 87.9 cm³/mol. The first-order valence-electron chi connectivity index (χ1n) is 8.51. The molecule has 1 atom stereocenters. The van der Waals surface area contributed by atoms with Gasteiger partial charge in [0.15, 0.2) is 0 Å². The van der Waals surface area contributed by atoms with Crippen LogP contribution in [0.2, 0.25) is 0 Å². The van der Waals surface area contributed by atoms with Crippen LogP contribution in [-0.2, 0) is 20.0 Å². The van der Waals surface area contributed by atoms with Crippen molar-refractivity contribution in [3.05, 3.63) is 45.9 Å². The van der Waals surface area contributed by atoms with Crippen molar-refractivity contribution in [3.8, 4) is 0 Å². The van der Waals surface area contributed by atoms with Crippen LogP contribution in [0.1, 0.15) is 47.2 Å². The Labute approximate surface area is 139 Å². The second-order valence-corrected chi connectivity index (χ2v) is 6.62. The quantitative estimate of drug-likeness (QED) is 0.823. The Morgan fingerprint density at radius 2 is 2.17 bits per heavy atom. The summed E-state index contributed by atoms with van der Waals surface area (Å²) in [6, 6.07) is 3.41. The molecule has 2 aliphatic rings. The number of hydrogen-bond acceptors (Lipinski definition) is 4. The van der Waals surface area contributed by atoms with E-state index in [2.05, 4.69) is 14.6 Å².